The van der Waals surface area contributed by atoms with E-state index in [0.717, 1.165) is 45.5 Å². The predicted octanol–water partition coefficient (Wildman–Crippen LogP) is 25.0. The number of benzene rings is 16. The fourth-order valence-corrected chi connectivity index (χ4v) is 13.9. The Labute approximate surface area is 546 Å². The third-order valence-corrected chi connectivity index (χ3v) is 18.5. The molecule has 0 bridgehead atoms. The molecule has 4 heteroatoms. The highest BCUT2D eigenvalue weighted by atomic mass is 15.1. The van der Waals surface area contributed by atoms with Gasteiger partial charge >= 0.3 is 0 Å². The van der Waals surface area contributed by atoms with Gasteiger partial charge in [-0.25, -0.2) is 0 Å². The highest BCUT2D eigenvalue weighted by Crippen LogP contribution is 2.42. The highest BCUT2D eigenvalue weighted by Gasteiger charge is 2.19. The minimum atomic E-state index is 1.11. The second kappa shape index (κ2) is 24.0. The van der Waals surface area contributed by atoms with Crippen molar-refractivity contribution in [3.05, 3.63) is 376 Å². The molecule has 0 aliphatic heterocycles. The van der Waals surface area contributed by atoms with Crippen LogP contribution < -0.4 is 9.80 Å². The molecule has 0 amide bonds. The third kappa shape index (κ3) is 10.4. The van der Waals surface area contributed by atoms with E-state index in [-0.39, 0.29) is 0 Å². The lowest BCUT2D eigenvalue weighted by Gasteiger charge is -2.26. The second-order valence-corrected chi connectivity index (χ2v) is 24.1. The normalized spacial score (nSPS) is 11.4. The van der Waals surface area contributed by atoms with Crippen molar-refractivity contribution in [3.8, 4) is 44.8 Å². The minimum Gasteiger partial charge on any atom is -0.311 e. The number of hydrogen-bond donors (Lipinski definition) is 0. The van der Waals surface area contributed by atoms with Crippen molar-refractivity contribution in [2.75, 3.05) is 9.80 Å². The molecule has 0 unspecified atom stereocenters. The third-order valence-electron chi connectivity index (χ3n) is 18.5. The summed E-state index contributed by atoms with van der Waals surface area (Å²) in [6, 6.07) is 135. The number of para-hydroxylation sites is 5. The Morgan fingerprint density at radius 1 is 0.160 bits per heavy atom. The lowest BCUT2D eigenvalue weighted by Crippen LogP contribution is -2.09. The molecule has 442 valence electrons. The summed E-state index contributed by atoms with van der Waals surface area (Å²) in [5.74, 6) is 0. The van der Waals surface area contributed by atoms with E-state index in [4.69, 9.17) is 0 Å². The van der Waals surface area contributed by atoms with Crippen LogP contribution in [0, 0.1) is 0 Å². The van der Waals surface area contributed by atoms with Crippen molar-refractivity contribution in [2.45, 2.75) is 0 Å². The van der Waals surface area contributed by atoms with Gasteiger partial charge in [0, 0.05) is 67.0 Å². The van der Waals surface area contributed by atoms with Crippen molar-refractivity contribution < 1.29 is 0 Å². The first-order valence-corrected chi connectivity index (χ1v) is 32.2. The predicted molar refractivity (Wildman–Crippen MR) is 400 cm³/mol. The smallest absolute Gasteiger partial charge is 0.0547 e. The zero-order valence-corrected chi connectivity index (χ0v) is 51.6. The van der Waals surface area contributed by atoms with Gasteiger partial charge in [-0.1, -0.05) is 237 Å². The Bertz CT molecular complexity index is 5720. The first-order chi connectivity index (χ1) is 46.6. The van der Waals surface area contributed by atoms with Crippen LogP contribution in [0.25, 0.3) is 121 Å². The first-order valence-electron chi connectivity index (χ1n) is 32.2. The van der Waals surface area contributed by atoms with Crippen LogP contribution >= 0.6 is 0 Å². The molecule has 18 rings (SSSR count). The maximum Gasteiger partial charge on any atom is 0.0547 e. The van der Waals surface area contributed by atoms with Gasteiger partial charge in [0.2, 0.25) is 0 Å². The highest BCUT2D eigenvalue weighted by molar-refractivity contribution is 6.15. The van der Waals surface area contributed by atoms with E-state index in [9.17, 15) is 0 Å². The molecule has 2 aromatic heterocycles. The van der Waals surface area contributed by atoms with E-state index in [1.807, 2.05) is 0 Å². The van der Waals surface area contributed by atoms with Crippen LogP contribution in [0.4, 0.5) is 34.1 Å². The fraction of sp³-hybridized carbons (Fsp3) is 0. The summed E-state index contributed by atoms with van der Waals surface area (Å²) in [4.78, 5) is 4.63. The van der Waals surface area contributed by atoms with E-state index in [0.29, 0.717) is 0 Å². The molecule has 0 N–H and O–H groups in total. The van der Waals surface area contributed by atoms with Crippen LogP contribution in [0.5, 0.6) is 0 Å². The number of hydrogen-bond acceptors (Lipinski definition) is 2. The molecule has 0 spiro atoms. The number of anilines is 6. The van der Waals surface area contributed by atoms with Crippen LogP contribution in [-0.2, 0) is 0 Å². The number of aromatic nitrogens is 2. The van der Waals surface area contributed by atoms with Gasteiger partial charge in [0.15, 0.2) is 0 Å². The van der Waals surface area contributed by atoms with Gasteiger partial charge in [0.25, 0.3) is 0 Å². The lowest BCUT2D eigenvalue weighted by molar-refractivity contribution is 1.18. The molecule has 94 heavy (non-hydrogen) atoms. The maximum absolute atomic E-state index is 2.40. The lowest BCUT2D eigenvalue weighted by atomic mass is 10.0. The quantitative estimate of drug-likeness (QED) is 0.128. The molecule has 18 aromatic rings. The Morgan fingerprint density at radius 3 is 0.904 bits per heavy atom. The van der Waals surface area contributed by atoms with Crippen molar-refractivity contribution in [3.63, 3.8) is 0 Å². The van der Waals surface area contributed by atoms with Crippen molar-refractivity contribution >= 4 is 110 Å². The van der Waals surface area contributed by atoms with Gasteiger partial charge in [0.1, 0.15) is 0 Å². The zero-order valence-electron chi connectivity index (χ0n) is 51.6. The summed E-state index contributed by atoms with van der Waals surface area (Å²) >= 11 is 0. The van der Waals surface area contributed by atoms with Gasteiger partial charge in [0.05, 0.1) is 22.1 Å². The Hall–Kier alpha value is -12.5. The van der Waals surface area contributed by atoms with Crippen molar-refractivity contribution in [1.82, 2.24) is 9.13 Å². The van der Waals surface area contributed by atoms with Gasteiger partial charge in [-0.05, 0) is 205 Å². The van der Waals surface area contributed by atoms with Crippen molar-refractivity contribution in [2.24, 2.45) is 0 Å². The topological polar surface area (TPSA) is 16.3 Å². The molecule has 0 fully saturated rings. The molecular formula is C90H62N4. The molecule has 2 heterocycles. The van der Waals surface area contributed by atoms with Crippen molar-refractivity contribution in [1.29, 1.82) is 0 Å². The van der Waals surface area contributed by atoms with E-state index >= 15 is 0 Å². The first kappa shape index (κ1) is 55.6. The average Bonchev–Trinajstić information content (AvgIpc) is 1.60. The second-order valence-electron chi connectivity index (χ2n) is 24.1. The summed E-state index contributed by atoms with van der Waals surface area (Å²) in [6.45, 7) is 0. The molecule has 0 aliphatic carbocycles. The van der Waals surface area contributed by atoms with Gasteiger partial charge in [-0.2, -0.15) is 0 Å². The largest absolute Gasteiger partial charge is 0.311 e. The van der Waals surface area contributed by atoms with E-state index < -0.39 is 0 Å². The molecule has 4 nitrogen and oxygen atoms in total. The summed E-state index contributed by atoms with van der Waals surface area (Å²) in [5, 5.41) is 12.6. The number of nitrogens with zero attached hydrogens (tertiary/aromatic N) is 4. The standard InChI is InChI=1S/C50H34N2.C40H28N2/c1-2-16-43(17-3-1)51(46-18-10-15-39(32-46)42-22-21-35-11-4-5-12-38(35)31-42)44-27-23-36(24-28-44)37-25-29-45(30-26-37)52-49-20-9-8-19-47(49)48-33-40-13-6-7-14-41(40)34-50(48)52;1-3-13-33(14-4-1)41(34-15-5-2-6-16-34)35-23-19-29(20-24-35)30-21-25-36(26-22-30)42-39-18-10-9-17-37(39)38-27-31-11-7-8-12-32(31)28-40(38)42/h1-34H;1-28H. The molecule has 0 radical (unpaired) electrons. The Kier molecular flexibility index (Phi) is 14.2. The van der Waals surface area contributed by atoms with E-state index in [2.05, 4.69) is 395 Å². The number of rotatable bonds is 11. The van der Waals surface area contributed by atoms with Gasteiger partial charge in [-0.3, -0.25) is 0 Å². The van der Waals surface area contributed by atoms with E-state index in [1.165, 1.54) is 109 Å². The van der Waals surface area contributed by atoms with Gasteiger partial charge < -0.3 is 18.9 Å². The zero-order chi connectivity index (χ0) is 62.3. The molecule has 0 saturated carbocycles. The number of fused-ring (bicyclic) bond motifs is 9. The summed E-state index contributed by atoms with van der Waals surface area (Å²) in [5.41, 5.74) is 21.1. The summed E-state index contributed by atoms with van der Waals surface area (Å²) in [7, 11) is 0. The molecule has 0 saturated heterocycles. The molecule has 0 atom stereocenters. The van der Waals surface area contributed by atoms with E-state index in [1.54, 1.807) is 0 Å². The fourth-order valence-electron chi connectivity index (χ4n) is 13.9. The maximum atomic E-state index is 2.40. The Balaban J connectivity index is 0.000000146. The summed E-state index contributed by atoms with van der Waals surface area (Å²) < 4.78 is 4.79. The minimum absolute atomic E-state index is 1.11. The monoisotopic (exact) mass is 1200 g/mol. The van der Waals surface area contributed by atoms with Crippen LogP contribution in [0.15, 0.2) is 376 Å². The van der Waals surface area contributed by atoms with Gasteiger partial charge in [-0.15, -0.1) is 0 Å². The molecule has 16 aromatic carbocycles. The van der Waals surface area contributed by atoms with Crippen LogP contribution in [0.2, 0.25) is 0 Å². The molecular weight excluding hydrogens is 1140 g/mol. The molecule has 0 aliphatic rings. The van der Waals surface area contributed by atoms with Crippen LogP contribution in [0.3, 0.4) is 0 Å². The Morgan fingerprint density at radius 2 is 0.468 bits per heavy atom. The van der Waals surface area contributed by atoms with Crippen LogP contribution in [-0.4, -0.2) is 9.13 Å². The van der Waals surface area contributed by atoms with Crippen LogP contribution in [0.1, 0.15) is 0 Å². The summed E-state index contributed by atoms with van der Waals surface area (Å²) in [6.07, 6.45) is 0. The average molecular weight is 1200 g/mol. The SMILES string of the molecule is c1ccc(N(c2ccc(-c3ccc(-n4c5ccccc5c5cc6ccccc6cc54)cc3)cc2)c2cccc(-c3ccc4ccccc4c3)c2)cc1.c1ccc(N(c2ccccc2)c2ccc(-c3ccc(-n4c5ccccc5c5cc6ccccc6cc54)cc3)cc2)cc1.